The molecule has 5 heteroatoms. The Morgan fingerprint density at radius 1 is 1.19 bits per heavy atom. The van der Waals surface area contributed by atoms with E-state index >= 15 is 0 Å². The van der Waals surface area contributed by atoms with Gasteiger partial charge in [0.1, 0.15) is 0 Å². The van der Waals surface area contributed by atoms with Crippen LogP contribution in [-0.4, -0.2) is 9.97 Å². The lowest BCUT2D eigenvalue weighted by molar-refractivity contribution is 0.0477. The van der Waals surface area contributed by atoms with E-state index in [9.17, 15) is 8.78 Å². The Labute approximate surface area is 95.6 Å². The predicted molar refractivity (Wildman–Crippen MR) is 58.6 cm³/mol. The highest BCUT2D eigenvalue weighted by Crippen LogP contribution is 2.32. The molecule has 0 radical (unpaired) electrons. The highest BCUT2D eigenvalue weighted by molar-refractivity contribution is 6.30. The molecule has 2 nitrogen and oxygen atoms in total. The maximum Gasteiger partial charge on any atom is 0.310 e. The van der Waals surface area contributed by atoms with Crippen molar-refractivity contribution in [2.45, 2.75) is 5.92 Å². The van der Waals surface area contributed by atoms with Crippen molar-refractivity contribution in [1.82, 2.24) is 9.97 Å². The van der Waals surface area contributed by atoms with Crippen molar-refractivity contribution in [3.05, 3.63) is 47.8 Å². The van der Waals surface area contributed by atoms with Crippen molar-refractivity contribution in [3.63, 3.8) is 0 Å². The zero-order valence-electron chi connectivity index (χ0n) is 8.12. The molecule has 0 amide bonds. The van der Waals surface area contributed by atoms with Crippen molar-refractivity contribution >= 4 is 22.6 Å². The van der Waals surface area contributed by atoms with Crippen molar-refractivity contribution in [2.24, 2.45) is 0 Å². The second-order valence-electron chi connectivity index (χ2n) is 3.18. The van der Waals surface area contributed by atoms with Crippen molar-refractivity contribution in [1.29, 1.82) is 0 Å². The van der Waals surface area contributed by atoms with Gasteiger partial charge in [-0.3, -0.25) is 0 Å². The largest absolute Gasteiger partial charge is 0.310 e. The predicted octanol–water partition coefficient (Wildman–Crippen LogP) is 3.56. The maximum absolute atomic E-state index is 13.4. The normalized spacial score (nSPS) is 11.7. The smallest absolute Gasteiger partial charge is 0.241 e. The van der Waals surface area contributed by atoms with E-state index in [1.165, 1.54) is 0 Å². The van der Waals surface area contributed by atoms with Crippen molar-refractivity contribution in [2.75, 3.05) is 0 Å². The zero-order chi connectivity index (χ0) is 11.8. The minimum absolute atomic E-state index is 0.302. The molecule has 1 aromatic heterocycles. The number of alkyl halides is 2. The standard InChI is InChI=1S/C11H7ClF2N2/c1-2-11(13,14)9-10(12)16-8-6-4-3-5-7(8)15-9/h2-6H,1H2. The van der Waals surface area contributed by atoms with Crippen LogP contribution >= 0.6 is 11.6 Å². The summed E-state index contributed by atoms with van der Waals surface area (Å²) in [6.45, 7) is 3.05. The molecule has 0 saturated carbocycles. The van der Waals surface area contributed by atoms with Crippen LogP contribution in [-0.2, 0) is 5.92 Å². The van der Waals surface area contributed by atoms with Gasteiger partial charge >= 0.3 is 5.92 Å². The molecule has 2 aromatic rings. The molecule has 1 aromatic carbocycles. The van der Waals surface area contributed by atoms with Gasteiger partial charge in [-0.05, 0) is 18.2 Å². The van der Waals surface area contributed by atoms with Gasteiger partial charge in [-0.2, -0.15) is 8.78 Å². The van der Waals surface area contributed by atoms with Crippen molar-refractivity contribution < 1.29 is 8.78 Å². The third kappa shape index (κ3) is 1.76. The number of halogens is 3. The molecule has 0 saturated heterocycles. The number of para-hydroxylation sites is 2. The number of allylic oxidation sites excluding steroid dienone is 1. The van der Waals surface area contributed by atoms with Gasteiger partial charge in [-0.1, -0.05) is 30.3 Å². The molecule has 0 spiro atoms. The molecule has 0 N–H and O–H groups in total. The molecule has 0 aliphatic carbocycles. The lowest BCUT2D eigenvalue weighted by Crippen LogP contribution is -2.13. The van der Waals surface area contributed by atoms with Crippen LogP contribution in [0.5, 0.6) is 0 Å². The Kier molecular flexibility index (Phi) is 2.59. The number of hydrogen-bond acceptors (Lipinski definition) is 2. The summed E-state index contributed by atoms with van der Waals surface area (Å²) < 4.78 is 26.7. The van der Waals surface area contributed by atoms with Crippen LogP contribution in [0.1, 0.15) is 5.69 Å². The average Bonchev–Trinajstić information content (AvgIpc) is 2.28. The Balaban J connectivity index is 2.72. The van der Waals surface area contributed by atoms with E-state index in [4.69, 9.17) is 11.6 Å². The third-order valence-electron chi connectivity index (χ3n) is 2.10. The zero-order valence-corrected chi connectivity index (χ0v) is 8.88. The number of hydrogen-bond donors (Lipinski definition) is 0. The van der Waals surface area contributed by atoms with Crippen LogP contribution in [0.2, 0.25) is 5.15 Å². The second kappa shape index (κ2) is 3.79. The summed E-state index contributed by atoms with van der Waals surface area (Å²) >= 11 is 5.67. The first-order valence-corrected chi connectivity index (χ1v) is 4.86. The van der Waals surface area contributed by atoms with Gasteiger partial charge in [-0.15, -0.1) is 0 Å². The van der Waals surface area contributed by atoms with Gasteiger partial charge in [-0.25, -0.2) is 9.97 Å². The summed E-state index contributed by atoms with van der Waals surface area (Å²) in [5, 5.41) is -0.302. The van der Waals surface area contributed by atoms with E-state index in [1.807, 2.05) is 0 Å². The topological polar surface area (TPSA) is 25.8 Å². The van der Waals surface area contributed by atoms with E-state index in [-0.39, 0.29) is 5.15 Å². The monoisotopic (exact) mass is 240 g/mol. The maximum atomic E-state index is 13.4. The first-order chi connectivity index (χ1) is 7.54. The van der Waals surface area contributed by atoms with E-state index in [1.54, 1.807) is 24.3 Å². The first-order valence-electron chi connectivity index (χ1n) is 4.49. The van der Waals surface area contributed by atoms with Crippen LogP contribution in [0.3, 0.4) is 0 Å². The second-order valence-corrected chi connectivity index (χ2v) is 3.54. The summed E-state index contributed by atoms with van der Waals surface area (Å²) in [7, 11) is 0. The number of benzene rings is 1. The first kappa shape index (κ1) is 11.0. The van der Waals surface area contributed by atoms with Gasteiger partial charge < -0.3 is 0 Å². The highest BCUT2D eigenvalue weighted by Gasteiger charge is 2.32. The molecule has 0 aliphatic rings. The van der Waals surface area contributed by atoms with Crippen LogP contribution in [0.15, 0.2) is 36.9 Å². The Hall–Kier alpha value is -1.55. The summed E-state index contributed by atoms with van der Waals surface area (Å²) in [6, 6.07) is 6.69. The van der Waals surface area contributed by atoms with Crippen LogP contribution < -0.4 is 0 Å². The number of rotatable bonds is 2. The molecule has 0 fully saturated rings. The summed E-state index contributed by atoms with van der Waals surface area (Å²) in [5.41, 5.74) is 0.294. The van der Waals surface area contributed by atoms with Gasteiger partial charge in [0.15, 0.2) is 10.8 Å². The number of aromatic nitrogens is 2. The summed E-state index contributed by atoms with van der Waals surface area (Å²) in [5.74, 6) is -3.27. The number of fused-ring (bicyclic) bond motifs is 1. The van der Waals surface area contributed by atoms with Crippen LogP contribution in [0, 0.1) is 0 Å². The van der Waals surface area contributed by atoms with E-state index < -0.39 is 11.6 Å². The highest BCUT2D eigenvalue weighted by atomic mass is 35.5. The van der Waals surface area contributed by atoms with E-state index in [2.05, 4.69) is 16.5 Å². The van der Waals surface area contributed by atoms with Gasteiger partial charge in [0, 0.05) is 0 Å². The average molecular weight is 241 g/mol. The summed E-state index contributed by atoms with van der Waals surface area (Å²) in [4.78, 5) is 7.67. The molecular weight excluding hydrogens is 234 g/mol. The molecule has 0 atom stereocenters. The molecule has 82 valence electrons. The SMILES string of the molecule is C=CC(F)(F)c1nc2ccccc2nc1Cl. The molecule has 1 heterocycles. The van der Waals surface area contributed by atoms with Crippen molar-refractivity contribution in [3.8, 4) is 0 Å². The number of nitrogens with zero attached hydrogens (tertiary/aromatic N) is 2. The quantitative estimate of drug-likeness (QED) is 0.750. The third-order valence-corrected chi connectivity index (χ3v) is 2.36. The minimum Gasteiger partial charge on any atom is -0.241 e. The Bertz CT molecular complexity index is 555. The molecule has 0 bridgehead atoms. The molecule has 0 aliphatic heterocycles. The van der Waals surface area contributed by atoms with Gasteiger partial charge in [0.05, 0.1) is 11.0 Å². The fourth-order valence-electron chi connectivity index (χ4n) is 1.29. The summed E-state index contributed by atoms with van der Waals surface area (Å²) in [6.07, 6.45) is 0.498. The lowest BCUT2D eigenvalue weighted by atomic mass is 10.2. The van der Waals surface area contributed by atoms with Crippen LogP contribution in [0.4, 0.5) is 8.78 Å². The fraction of sp³-hybridized carbons (Fsp3) is 0.0909. The Morgan fingerprint density at radius 3 is 2.31 bits per heavy atom. The molecule has 2 rings (SSSR count). The molecular formula is C11H7ClF2N2. The fourth-order valence-corrected chi connectivity index (χ4v) is 1.55. The molecule has 0 unspecified atom stereocenters. The van der Waals surface area contributed by atoms with Gasteiger partial charge in [0.2, 0.25) is 0 Å². The Morgan fingerprint density at radius 2 is 1.75 bits per heavy atom. The molecule has 16 heavy (non-hydrogen) atoms. The minimum atomic E-state index is -3.27. The lowest BCUT2D eigenvalue weighted by Gasteiger charge is -2.12. The van der Waals surface area contributed by atoms with Crippen LogP contribution in [0.25, 0.3) is 11.0 Å². The van der Waals surface area contributed by atoms with E-state index in [0.717, 1.165) is 0 Å². The van der Waals surface area contributed by atoms with Gasteiger partial charge in [0.25, 0.3) is 0 Å². The van der Waals surface area contributed by atoms with E-state index in [0.29, 0.717) is 17.1 Å².